The van der Waals surface area contributed by atoms with E-state index in [-0.39, 0.29) is 103 Å². The number of amides is 4. The standard InChI is InChI=1S/C13H17BO5S.C10H8BFO4.C10H12N4O5S.C10H8N4O3S.C8H11NO5S.C8H9NO5/c15-10(7-12-2-1-5-20-12)6-9-3-4-11(8-13(16)17)19-14(9)18;12-7-2-1-4-5-3-6(5)11(15)16-9(4)8(7)10(13)14;1-10(5-13-3-2-11-12-13)8(9(16)17)14-6(15)4-7(14)20(10,18)19;1-13-3-5(11-12-13)2-6-8(15)14-7(10(16)17)4-18-9(6)14;1-8(2)6(7(11)12)9-4(10)3-5(9)15(8,13)14;10-2-1-4-7(8(12)13)9-5(11)3-6(9)14-4/h1-2,5,9,11,18H,3-4,6-8H2,(H,16,17);1-2,5-6,15H,3H2,(H,13,14);2-3,7-8H,4-5H2,1H3,(H,16,17);2-4,9H,1H3,(H,16,17);5-6H,3H2,1-2H3,(H,11,12);1,6-7,10H,2-3H2,(H,12,13)/b;;;6-2-;;4-1-/t9-,11+;5-,6-;7-,8+,10+;9-;5-,6+;6-,7-/m111111/s1. The number of ketones is 1. The number of thiophene rings is 1. The molecule has 3 aromatic heterocycles. The molecule has 0 radical (unpaired) electrons. The second-order valence-corrected chi connectivity index (χ2v) is 33.0. The van der Waals surface area contributed by atoms with Crippen LogP contribution in [-0.4, -0.2) is 254 Å². The third-order valence-electron chi connectivity index (χ3n) is 18.8. The molecule has 9 N–H and O–H groups in total. The number of hydrogen-bond acceptors (Lipinski definition) is 27. The number of carboxylic acid groups (broad SMARTS) is 6. The fourth-order valence-corrected chi connectivity index (χ4v) is 19.7. The zero-order valence-electron chi connectivity index (χ0n) is 54.5. The molecule has 8 saturated heterocycles. The third kappa shape index (κ3) is 14.5. The molecule has 44 heteroatoms. The molecule has 1 aromatic carbocycles. The Kier molecular flexibility index (Phi) is 21.7. The van der Waals surface area contributed by atoms with Crippen LogP contribution in [0.1, 0.15) is 105 Å². The molecule has 103 heavy (non-hydrogen) atoms. The van der Waals surface area contributed by atoms with Crippen molar-refractivity contribution in [2.45, 2.75) is 159 Å². The van der Waals surface area contributed by atoms with E-state index in [1.54, 1.807) is 30.7 Å². The van der Waals surface area contributed by atoms with Gasteiger partial charge in [0.05, 0.1) is 67.7 Å². The minimum absolute atomic E-state index is 0.0150. The Morgan fingerprint density at radius 1 is 0.806 bits per heavy atom. The molecule has 9 fully saturated rings. The van der Waals surface area contributed by atoms with Crippen molar-refractivity contribution in [3.05, 3.63) is 104 Å². The van der Waals surface area contributed by atoms with E-state index < -0.39 is 144 Å². The predicted molar refractivity (Wildman–Crippen MR) is 348 cm³/mol. The number of aromatic nitrogens is 6. The van der Waals surface area contributed by atoms with Crippen molar-refractivity contribution in [3.63, 3.8) is 0 Å². The van der Waals surface area contributed by atoms with Crippen LogP contribution in [0.25, 0.3) is 6.08 Å². The molecule has 1 aliphatic carbocycles. The summed E-state index contributed by atoms with van der Waals surface area (Å²) in [5.74, 6) is -9.21. The average molecular weight is 1520 g/mol. The number of halogens is 1. The van der Waals surface area contributed by atoms with Crippen LogP contribution < -0.4 is 4.65 Å². The number of benzene rings is 1. The fraction of sp³-hybridized carbons (Fsp3) is 0.475. The molecule has 4 amide bonds. The number of carbonyl (C=O) groups excluding carboxylic acids is 5. The van der Waals surface area contributed by atoms with E-state index in [4.69, 9.17) is 44.7 Å². The first-order chi connectivity index (χ1) is 48.4. The smallest absolute Gasteiger partial charge is 0.526 e. The van der Waals surface area contributed by atoms with Gasteiger partial charge in [0.15, 0.2) is 38.0 Å². The van der Waals surface area contributed by atoms with Gasteiger partial charge in [0, 0.05) is 48.0 Å². The zero-order chi connectivity index (χ0) is 75.4. The summed E-state index contributed by atoms with van der Waals surface area (Å²) in [5.41, 5.74) is 1.38. The monoisotopic (exact) mass is 1510 g/mol. The number of aryl methyl sites for hydroxylation is 1. The number of fused-ring (bicyclic) bond motifs is 7. The molecule has 550 valence electrons. The molecule has 0 spiro atoms. The number of Topliss-reactive ketones (excluding diaryl/α,β-unsaturated/α-hetero) is 1. The minimum atomic E-state index is -3.80. The summed E-state index contributed by atoms with van der Waals surface area (Å²) in [6.07, 6.45) is 9.01. The van der Waals surface area contributed by atoms with E-state index in [2.05, 4.69) is 20.6 Å². The fourth-order valence-electron chi connectivity index (χ4n) is 13.4. The zero-order valence-corrected chi connectivity index (χ0v) is 57.8. The number of rotatable bonds is 15. The normalized spacial score (nSPS) is 28.9. The second kappa shape index (κ2) is 29.4. The van der Waals surface area contributed by atoms with Gasteiger partial charge >= 0.3 is 50.1 Å². The van der Waals surface area contributed by atoms with Crippen molar-refractivity contribution in [1.29, 1.82) is 0 Å². The van der Waals surface area contributed by atoms with Crippen molar-refractivity contribution in [2.24, 2.45) is 7.05 Å². The number of hydrogen-bond donors (Lipinski definition) is 9. The van der Waals surface area contributed by atoms with Crippen molar-refractivity contribution >= 4 is 128 Å². The lowest BCUT2D eigenvalue weighted by Gasteiger charge is -2.36. The second-order valence-electron chi connectivity index (χ2n) is 25.7. The number of β-lactam (4-membered cyclic amide) rings is 4. The molecule has 13 heterocycles. The summed E-state index contributed by atoms with van der Waals surface area (Å²) in [6, 6.07) is 2.78. The number of aliphatic hydroxyl groups is 1. The summed E-state index contributed by atoms with van der Waals surface area (Å²) >= 11 is 2.85. The molecule has 0 bridgehead atoms. The van der Waals surface area contributed by atoms with Gasteiger partial charge in [0.2, 0.25) is 17.7 Å². The van der Waals surface area contributed by atoms with Crippen LogP contribution in [-0.2, 0) is 97.0 Å². The van der Waals surface area contributed by atoms with Crippen molar-refractivity contribution in [1.82, 2.24) is 49.6 Å². The molecule has 4 aromatic rings. The highest BCUT2D eigenvalue weighted by molar-refractivity contribution is 8.03. The van der Waals surface area contributed by atoms with Gasteiger partial charge in [-0.1, -0.05) is 22.6 Å². The number of nitrogens with zero attached hydrogens (tertiary/aromatic N) is 10. The number of aliphatic hydroxyl groups excluding tert-OH is 1. The van der Waals surface area contributed by atoms with Crippen LogP contribution in [0.15, 0.2) is 76.7 Å². The first kappa shape index (κ1) is 76.2. The number of carbonyl (C=O) groups is 11. The number of carboxylic acids is 6. The third-order valence-corrected chi connectivity index (χ3v) is 26.3. The van der Waals surface area contributed by atoms with Gasteiger partial charge in [-0.2, -0.15) is 0 Å². The largest absolute Gasteiger partial charge is 0.535 e. The van der Waals surface area contributed by atoms with Crippen LogP contribution in [0.5, 0.6) is 5.75 Å². The Labute approximate surface area is 591 Å². The maximum absolute atomic E-state index is 13.4. The quantitative estimate of drug-likeness (QED) is 0.0417. The summed E-state index contributed by atoms with van der Waals surface area (Å²) in [7, 11) is -7.69. The van der Waals surface area contributed by atoms with Gasteiger partial charge in [-0.05, 0) is 81.2 Å². The Morgan fingerprint density at radius 2 is 1.47 bits per heavy atom. The summed E-state index contributed by atoms with van der Waals surface area (Å²) in [5, 5.41) is 97.8. The lowest BCUT2D eigenvalue weighted by Crippen LogP contribution is -2.58. The molecule has 15 rings (SSSR count). The van der Waals surface area contributed by atoms with Gasteiger partial charge < -0.3 is 69.6 Å². The van der Waals surface area contributed by atoms with E-state index >= 15 is 0 Å². The summed E-state index contributed by atoms with van der Waals surface area (Å²) < 4.78 is 77.5. The summed E-state index contributed by atoms with van der Waals surface area (Å²) in [4.78, 5) is 129. The van der Waals surface area contributed by atoms with Crippen LogP contribution in [0.2, 0.25) is 11.6 Å². The predicted octanol–water partition coefficient (Wildman–Crippen LogP) is -0.366. The van der Waals surface area contributed by atoms with Crippen molar-refractivity contribution in [3.8, 4) is 5.75 Å². The molecule has 10 aliphatic heterocycles. The molecule has 37 nitrogen and oxygen atoms in total. The molecular weight excluding hydrogens is 1450 g/mol. The maximum Gasteiger partial charge on any atom is 0.526 e. The highest BCUT2D eigenvalue weighted by atomic mass is 32.2. The molecule has 1 saturated carbocycles. The number of aromatic carboxylic acids is 1. The highest BCUT2D eigenvalue weighted by Gasteiger charge is 2.71. The molecular formula is C59H65B2FN10O27S4. The Balaban J connectivity index is 0.000000133. The van der Waals surface area contributed by atoms with Gasteiger partial charge in [-0.3, -0.25) is 47.9 Å². The lowest BCUT2D eigenvalue weighted by atomic mass is 9.64. The van der Waals surface area contributed by atoms with Gasteiger partial charge in [0.25, 0.3) is 5.91 Å². The lowest BCUT2D eigenvalue weighted by molar-refractivity contribution is -0.163. The number of thioether (sulfide) groups is 1. The average Bonchev–Trinajstić information content (AvgIpc) is 1.54. The van der Waals surface area contributed by atoms with Crippen LogP contribution in [0, 0.1) is 5.82 Å². The maximum atomic E-state index is 13.4. The van der Waals surface area contributed by atoms with Crippen LogP contribution >= 0.6 is 23.1 Å². The summed E-state index contributed by atoms with van der Waals surface area (Å²) in [6.45, 7) is 3.59. The Morgan fingerprint density at radius 3 is 2.00 bits per heavy atom. The van der Waals surface area contributed by atoms with E-state index in [1.807, 2.05) is 17.5 Å². The van der Waals surface area contributed by atoms with Crippen molar-refractivity contribution in [2.75, 3.05) is 6.61 Å². The minimum Gasteiger partial charge on any atom is -0.535 e. The van der Waals surface area contributed by atoms with E-state index in [0.717, 1.165) is 27.2 Å². The SMILES string of the molecule is CC1(C)[C@H](C(=O)O)N2C(=O)C[C@H]2S1(=O)=O.C[C@]1(Cn2ccnn2)[C@H](C(=O)O)N2C(=O)C[C@H]2S1(=O)=O.Cn1cc(/C=C2/C(=O)N3C(C(=O)O)=CS[C@H]23)nn1.O=C(O)C[C@@H]1CC[C@H](CC(=O)Cc2cccs2)B(O)O1.O=C(O)[C@H]1/C(=C/CO)O[C@@H]2CC(=O)N21.O=C(O)c1c(F)ccc2c1OB(O)[C@@H]1C[C@H]21. The van der Waals surface area contributed by atoms with E-state index in [0.29, 0.717) is 36.1 Å². The molecule has 11 aliphatic rings. The topological polar surface area (TPSA) is 540 Å². The molecule has 12 atom stereocenters. The molecule has 0 unspecified atom stereocenters. The van der Waals surface area contributed by atoms with Crippen LogP contribution in [0.4, 0.5) is 4.39 Å². The Bertz CT molecular complexity index is 4460. The Hall–Kier alpha value is -9.46. The number of ether oxygens (including phenoxy) is 1. The van der Waals surface area contributed by atoms with Gasteiger partial charge in [-0.15, -0.1) is 33.3 Å². The number of sulfone groups is 2. The van der Waals surface area contributed by atoms with Gasteiger partial charge in [0.1, 0.15) is 67.0 Å². The van der Waals surface area contributed by atoms with Gasteiger partial charge in [-0.25, -0.2) is 45.2 Å². The van der Waals surface area contributed by atoms with E-state index in [9.17, 15) is 89.1 Å². The van der Waals surface area contributed by atoms with Crippen LogP contribution in [0.3, 0.4) is 0 Å². The first-order valence-electron chi connectivity index (χ1n) is 31.3. The van der Waals surface area contributed by atoms with Crippen molar-refractivity contribution < 1.29 is 134 Å². The highest BCUT2D eigenvalue weighted by Crippen LogP contribution is 2.60. The van der Waals surface area contributed by atoms with E-state index in [1.165, 1.54) is 81.6 Å². The first-order valence-corrected chi connectivity index (χ1v) is 36.2. The number of aliphatic carboxylic acids is 5.